The van der Waals surface area contributed by atoms with Crippen LogP contribution in [0.1, 0.15) is 55.0 Å². The van der Waals surface area contributed by atoms with Crippen molar-refractivity contribution in [2.75, 3.05) is 32.9 Å². The van der Waals surface area contributed by atoms with E-state index in [0.717, 1.165) is 79.6 Å². The molecule has 8 nitrogen and oxygen atoms in total. The number of amidine groups is 1. The van der Waals surface area contributed by atoms with Crippen molar-refractivity contribution in [1.29, 1.82) is 0 Å². The van der Waals surface area contributed by atoms with Gasteiger partial charge >= 0.3 is 0 Å². The van der Waals surface area contributed by atoms with Crippen LogP contribution in [0.5, 0.6) is 11.5 Å². The molecule has 0 aliphatic carbocycles. The fourth-order valence-electron chi connectivity index (χ4n) is 3.96. The van der Waals surface area contributed by atoms with Crippen molar-refractivity contribution in [2.24, 2.45) is 10.9 Å². The molecule has 0 atom stereocenters. The lowest BCUT2D eigenvalue weighted by Gasteiger charge is -2.09. The molecular weight excluding hydrogens is 512 g/mol. The molecule has 0 spiro atoms. The van der Waals surface area contributed by atoms with Crippen LogP contribution < -0.4 is 20.5 Å². The van der Waals surface area contributed by atoms with Crippen LogP contribution in [-0.4, -0.2) is 55.0 Å². The monoisotopic (exact) mass is 554 g/mol. The topological polar surface area (TPSA) is 111 Å². The van der Waals surface area contributed by atoms with Gasteiger partial charge in [0, 0.05) is 29.2 Å². The van der Waals surface area contributed by atoms with Crippen LogP contribution in [0.15, 0.2) is 53.7 Å². The third-order valence-electron chi connectivity index (χ3n) is 5.99. The average molecular weight is 555 g/mol. The molecule has 0 saturated carbocycles. The first-order valence-corrected chi connectivity index (χ1v) is 14.5. The van der Waals surface area contributed by atoms with Gasteiger partial charge in [-0.1, -0.05) is 5.16 Å². The number of thiazole rings is 1. The van der Waals surface area contributed by atoms with E-state index >= 15 is 0 Å². The zero-order valence-corrected chi connectivity index (χ0v) is 24.1. The molecule has 0 bridgehead atoms. The van der Waals surface area contributed by atoms with Crippen molar-refractivity contribution in [3.05, 3.63) is 64.0 Å². The highest BCUT2D eigenvalue weighted by Crippen LogP contribution is 2.29. The van der Waals surface area contributed by atoms with E-state index in [1.165, 1.54) is 4.88 Å². The van der Waals surface area contributed by atoms with Gasteiger partial charge in [0.05, 0.1) is 30.0 Å². The molecule has 0 aliphatic heterocycles. The highest BCUT2D eigenvalue weighted by Gasteiger charge is 2.11. The van der Waals surface area contributed by atoms with E-state index in [1.54, 1.807) is 23.5 Å². The Morgan fingerprint density at radius 2 is 1.56 bits per heavy atom. The number of rotatable bonds is 18. The van der Waals surface area contributed by atoms with Crippen molar-refractivity contribution >= 4 is 17.2 Å². The molecule has 2 aromatic carbocycles. The molecule has 0 unspecified atom stereocenters. The van der Waals surface area contributed by atoms with Gasteiger partial charge in [0.25, 0.3) is 0 Å². The molecule has 0 aliphatic rings. The lowest BCUT2D eigenvalue weighted by molar-refractivity contribution is 0.0771. The Hall–Kier alpha value is -3.14. The number of hydrogen-bond donors (Lipinski definition) is 3. The van der Waals surface area contributed by atoms with E-state index in [2.05, 4.69) is 43.4 Å². The molecule has 3 rings (SSSR count). The Morgan fingerprint density at radius 1 is 0.923 bits per heavy atom. The van der Waals surface area contributed by atoms with E-state index in [1.807, 2.05) is 24.3 Å². The summed E-state index contributed by atoms with van der Waals surface area (Å²) < 4.78 is 17.3. The maximum Gasteiger partial charge on any atom is 0.170 e. The lowest BCUT2D eigenvalue weighted by atomic mass is 10.1. The summed E-state index contributed by atoms with van der Waals surface area (Å²) >= 11 is 1.77. The number of benzene rings is 2. The van der Waals surface area contributed by atoms with Crippen LogP contribution >= 0.6 is 11.3 Å². The van der Waals surface area contributed by atoms with Gasteiger partial charge in [-0.15, -0.1) is 11.3 Å². The highest BCUT2D eigenvalue weighted by atomic mass is 32.1. The number of ether oxygens (including phenoxy) is 3. The Bertz CT molecular complexity index is 1130. The van der Waals surface area contributed by atoms with Gasteiger partial charge in [0.15, 0.2) is 5.84 Å². The second-order valence-electron chi connectivity index (χ2n) is 9.57. The molecule has 0 fully saturated rings. The molecule has 3 aromatic rings. The number of aryl methyl sites for hydroxylation is 1. The largest absolute Gasteiger partial charge is 0.494 e. The van der Waals surface area contributed by atoms with Crippen LogP contribution in [0.25, 0.3) is 11.3 Å². The minimum absolute atomic E-state index is 0.0850. The second kappa shape index (κ2) is 16.7. The molecular formula is C30H42N4O4S. The number of unbranched alkanes of at least 4 members (excludes halogenated alkanes) is 2. The van der Waals surface area contributed by atoms with Gasteiger partial charge in [-0.2, -0.15) is 0 Å². The number of oxime groups is 1. The molecule has 39 heavy (non-hydrogen) atoms. The molecule has 0 saturated heterocycles. The Labute approximate surface area is 236 Å². The first-order chi connectivity index (χ1) is 19.0. The number of nitrogens with one attached hydrogen (secondary N) is 1. The van der Waals surface area contributed by atoms with Gasteiger partial charge in [0.1, 0.15) is 11.5 Å². The van der Waals surface area contributed by atoms with Crippen molar-refractivity contribution in [2.45, 2.75) is 59.0 Å². The number of nitrogens with zero attached hydrogens (tertiary/aromatic N) is 2. The van der Waals surface area contributed by atoms with Crippen molar-refractivity contribution in [1.82, 2.24) is 10.3 Å². The standard InChI is InChI=1S/C30H42N4O4S/c1-22(2)36-21-7-17-32-18-16-28-29(33-23(3)39-28)24-8-12-26(13-9-24)37-19-5-4-6-20-38-27-14-10-25(11-15-27)30(31)34-35/h8-15,22,32,35H,4-7,16-21H2,1-3H3,(H2,31,34). The molecule has 212 valence electrons. The molecule has 9 heteroatoms. The summed E-state index contributed by atoms with van der Waals surface area (Å²) in [6.45, 7) is 10.2. The summed E-state index contributed by atoms with van der Waals surface area (Å²) in [5.41, 5.74) is 8.43. The highest BCUT2D eigenvalue weighted by molar-refractivity contribution is 7.12. The van der Waals surface area contributed by atoms with E-state index in [-0.39, 0.29) is 5.84 Å². The van der Waals surface area contributed by atoms with Gasteiger partial charge in [-0.25, -0.2) is 4.98 Å². The summed E-state index contributed by atoms with van der Waals surface area (Å²) in [7, 11) is 0. The molecule has 4 N–H and O–H groups in total. The third-order valence-corrected chi connectivity index (χ3v) is 7.02. The Kier molecular flexibility index (Phi) is 13.1. The third kappa shape index (κ3) is 10.9. The van der Waals surface area contributed by atoms with Gasteiger partial charge < -0.3 is 30.5 Å². The summed E-state index contributed by atoms with van der Waals surface area (Å²) in [6.07, 6.45) is 5.20. The fraction of sp³-hybridized carbons (Fsp3) is 0.467. The predicted octanol–water partition coefficient (Wildman–Crippen LogP) is 5.79. The van der Waals surface area contributed by atoms with E-state index in [9.17, 15) is 0 Å². The van der Waals surface area contributed by atoms with Crippen LogP contribution in [0.4, 0.5) is 0 Å². The predicted molar refractivity (Wildman–Crippen MR) is 158 cm³/mol. The van der Waals surface area contributed by atoms with Crippen LogP contribution in [-0.2, 0) is 11.2 Å². The van der Waals surface area contributed by atoms with Gasteiger partial charge in [0.2, 0.25) is 0 Å². The first kappa shape index (κ1) is 30.4. The normalized spacial score (nSPS) is 11.7. The van der Waals surface area contributed by atoms with Gasteiger partial charge in [-0.05, 0) is 108 Å². The Morgan fingerprint density at radius 3 is 2.18 bits per heavy atom. The maximum atomic E-state index is 8.72. The summed E-state index contributed by atoms with van der Waals surface area (Å²) in [5, 5.41) is 16.3. The zero-order chi connectivity index (χ0) is 27.9. The van der Waals surface area contributed by atoms with Crippen LogP contribution in [0, 0.1) is 6.92 Å². The summed E-state index contributed by atoms with van der Waals surface area (Å²) in [6, 6.07) is 15.4. The quantitative estimate of drug-likeness (QED) is 0.0600. The lowest BCUT2D eigenvalue weighted by Crippen LogP contribution is -2.20. The fourth-order valence-corrected chi connectivity index (χ4v) is 4.91. The van der Waals surface area contributed by atoms with Crippen LogP contribution in [0.2, 0.25) is 0 Å². The van der Waals surface area contributed by atoms with Crippen molar-refractivity contribution in [3.63, 3.8) is 0 Å². The maximum absolute atomic E-state index is 8.72. The van der Waals surface area contributed by atoms with E-state index < -0.39 is 0 Å². The van der Waals surface area contributed by atoms with E-state index in [0.29, 0.717) is 24.9 Å². The second-order valence-corrected chi connectivity index (χ2v) is 10.9. The van der Waals surface area contributed by atoms with Crippen molar-refractivity contribution < 1.29 is 19.4 Å². The molecule has 1 aromatic heterocycles. The van der Waals surface area contributed by atoms with Crippen LogP contribution in [0.3, 0.4) is 0 Å². The average Bonchev–Trinajstić information content (AvgIpc) is 3.32. The minimum Gasteiger partial charge on any atom is -0.494 e. The summed E-state index contributed by atoms with van der Waals surface area (Å²) in [5.74, 6) is 1.73. The van der Waals surface area contributed by atoms with Crippen molar-refractivity contribution in [3.8, 4) is 22.8 Å². The number of hydrogen-bond acceptors (Lipinski definition) is 8. The van der Waals surface area contributed by atoms with Gasteiger partial charge in [-0.3, -0.25) is 0 Å². The summed E-state index contributed by atoms with van der Waals surface area (Å²) in [4.78, 5) is 6.11. The smallest absolute Gasteiger partial charge is 0.170 e. The SMILES string of the molecule is Cc1nc(-c2ccc(OCCCCCOc3ccc(/C(N)=N\O)cc3)cc2)c(CCNCCCOC(C)C)s1. The minimum atomic E-state index is 0.0850. The number of aromatic nitrogens is 1. The first-order valence-electron chi connectivity index (χ1n) is 13.7. The molecule has 0 amide bonds. The Balaban J connectivity index is 1.33. The molecule has 1 heterocycles. The van der Waals surface area contributed by atoms with E-state index in [4.69, 9.17) is 30.1 Å². The molecule has 0 radical (unpaired) electrons. The number of nitrogens with two attached hydrogens (primary N) is 1. The zero-order valence-electron chi connectivity index (χ0n) is 23.3.